The Labute approximate surface area is 175 Å². The molecule has 2 heterocycles. The second-order valence-corrected chi connectivity index (χ2v) is 7.26. The fraction of sp³-hybridized carbons (Fsp3) is 0.261. The molecule has 4 rings (SSSR count). The van der Waals surface area contributed by atoms with Crippen LogP contribution >= 0.6 is 0 Å². The highest BCUT2D eigenvalue weighted by atomic mass is 16.5. The molecule has 1 atom stereocenters. The number of ketones is 1. The minimum atomic E-state index is -0.161. The van der Waals surface area contributed by atoms with Gasteiger partial charge in [0.15, 0.2) is 0 Å². The average molecular weight is 404 g/mol. The Morgan fingerprint density at radius 2 is 1.97 bits per heavy atom. The van der Waals surface area contributed by atoms with Crippen molar-refractivity contribution >= 4 is 11.7 Å². The van der Waals surface area contributed by atoms with Gasteiger partial charge in [0, 0.05) is 25.1 Å². The summed E-state index contributed by atoms with van der Waals surface area (Å²) in [5.74, 6) is 1.44. The normalized spacial score (nSPS) is 15.4. The molecule has 0 aliphatic carbocycles. The number of nitrogens with zero attached hydrogens (tertiary/aromatic N) is 2. The minimum absolute atomic E-state index is 0.0864. The van der Waals surface area contributed by atoms with Crippen molar-refractivity contribution < 1.29 is 14.3 Å². The van der Waals surface area contributed by atoms with Crippen molar-refractivity contribution in [3.8, 4) is 17.1 Å². The van der Waals surface area contributed by atoms with E-state index in [0.717, 1.165) is 16.9 Å². The molecule has 2 N–H and O–H groups in total. The average Bonchev–Trinajstić information content (AvgIpc) is 3.23. The Hall–Kier alpha value is -3.45. The molecule has 1 amide bonds. The van der Waals surface area contributed by atoms with Crippen molar-refractivity contribution in [3.63, 3.8) is 0 Å². The highest BCUT2D eigenvalue weighted by Gasteiger charge is 2.29. The zero-order valence-corrected chi connectivity index (χ0v) is 16.8. The van der Waals surface area contributed by atoms with E-state index < -0.39 is 0 Å². The van der Waals surface area contributed by atoms with Crippen molar-refractivity contribution in [1.29, 1.82) is 0 Å². The highest BCUT2D eigenvalue weighted by molar-refractivity contribution is 5.94. The first-order valence-corrected chi connectivity index (χ1v) is 9.92. The van der Waals surface area contributed by atoms with Gasteiger partial charge in [0.25, 0.3) is 5.91 Å². The standard InChI is InChI=1S/C23H24N4O3/c1-30-20-9-7-16(8-10-20)12-24-14-19(28)11-18-13-26-23(29)21-15-25-22(27(18)21)17-5-3-2-4-6-17/h2-10,15,18,24H,11-14H2,1H3,(H,26,29). The van der Waals surface area contributed by atoms with Gasteiger partial charge in [-0.2, -0.15) is 0 Å². The van der Waals surface area contributed by atoms with Gasteiger partial charge in [0.2, 0.25) is 0 Å². The maximum Gasteiger partial charge on any atom is 0.269 e. The van der Waals surface area contributed by atoms with E-state index in [1.807, 2.05) is 59.2 Å². The number of benzene rings is 2. The lowest BCUT2D eigenvalue weighted by atomic mass is 10.1. The molecule has 0 saturated carbocycles. The highest BCUT2D eigenvalue weighted by Crippen LogP contribution is 2.28. The molecule has 7 nitrogen and oxygen atoms in total. The molecular weight excluding hydrogens is 380 g/mol. The summed E-state index contributed by atoms with van der Waals surface area (Å²) >= 11 is 0. The number of carbonyl (C=O) groups excluding carboxylic acids is 2. The number of hydrogen-bond donors (Lipinski definition) is 2. The number of amides is 1. The molecule has 0 saturated heterocycles. The Morgan fingerprint density at radius 1 is 1.20 bits per heavy atom. The summed E-state index contributed by atoms with van der Waals surface area (Å²) in [4.78, 5) is 29.3. The third-order valence-electron chi connectivity index (χ3n) is 5.20. The first-order valence-electron chi connectivity index (χ1n) is 9.92. The number of rotatable bonds is 8. The second kappa shape index (κ2) is 8.92. The molecule has 0 spiro atoms. The topological polar surface area (TPSA) is 85.2 Å². The quantitative estimate of drug-likeness (QED) is 0.603. The van der Waals surface area contributed by atoms with E-state index in [1.165, 1.54) is 0 Å². The minimum Gasteiger partial charge on any atom is -0.497 e. The summed E-state index contributed by atoms with van der Waals surface area (Å²) < 4.78 is 7.05. The van der Waals surface area contributed by atoms with Crippen molar-refractivity contribution in [2.75, 3.05) is 20.2 Å². The molecule has 154 valence electrons. The van der Waals surface area contributed by atoms with Gasteiger partial charge in [-0.15, -0.1) is 0 Å². The Kier molecular flexibility index (Phi) is 5.90. The van der Waals surface area contributed by atoms with E-state index in [1.54, 1.807) is 13.3 Å². The number of methoxy groups -OCH3 is 1. The molecule has 30 heavy (non-hydrogen) atoms. The predicted molar refractivity (Wildman–Crippen MR) is 113 cm³/mol. The lowest BCUT2D eigenvalue weighted by Gasteiger charge is -2.27. The van der Waals surface area contributed by atoms with Crippen molar-refractivity contribution in [3.05, 3.63) is 72.1 Å². The van der Waals surface area contributed by atoms with Gasteiger partial charge in [-0.05, 0) is 17.7 Å². The van der Waals surface area contributed by atoms with Gasteiger partial charge in [0.05, 0.1) is 25.9 Å². The fourth-order valence-corrected chi connectivity index (χ4v) is 3.68. The van der Waals surface area contributed by atoms with Crippen LogP contribution in [0.25, 0.3) is 11.4 Å². The number of Topliss-reactive ketones (excluding diaryl/α,β-unsaturated/α-hetero) is 1. The molecule has 2 aromatic carbocycles. The Bertz CT molecular complexity index is 1030. The summed E-state index contributed by atoms with van der Waals surface area (Å²) in [6.45, 7) is 1.27. The SMILES string of the molecule is COc1ccc(CNCC(=O)CC2CNC(=O)c3cnc(-c4ccccc4)n32)cc1. The summed E-state index contributed by atoms with van der Waals surface area (Å²) in [6.07, 6.45) is 1.90. The molecule has 1 aliphatic rings. The zero-order valence-electron chi connectivity index (χ0n) is 16.8. The van der Waals surface area contributed by atoms with Crippen LogP contribution in [0.4, 0.5) is 0 Å². The summed E-state index contributed by atoms with van der Waals surface area (Å²) in [5, 5.41) is 6.07. The van der Waals surface area contributed by atoms with Crippen molar-refractivity contribution in [2.45, 2.75) is 19.0 Å². The van der Waals surface area contributed by atoms with E-state index in [-0.39, 0.29) is 24.3 Å². The lowest BCUT2D eigenvalue weighted by molar-refractivity contribution is -0.119. The number of carbonyl (C=O) groups is 2. The van der Waals surface area contributed by atoms with Gasteiger partial charge in [-0.1, -0.05) is 42.5 Å². The van der Waals surface area contributed by atoms with Crippen LogP contribution in [0.2, 0.25) is 0 Å². The summed E-state index contributed by atoms with van der Waals surface area (Å²) in [7, 11) is 1.63. The fourth-order valence-electron chi connectivity index (χ4n) is 3.68. The molecule has 0 radical (unpaired) electrons. The van der Waals surface area contributed by atoms with Gasteiger partial charge in [0.1, 0.15) is 23.1 Å². The molecule has 1 unspecified atom stereocenters. The van der Waals surface area contributed by atoms with Crippen molar-refractivity contribution in [1.82, 2.24) is 20.2 Å². The Morgan fingerprint density at radius 3 is 2.70 bits per heavy atom. The van der Waals surface area contributed by atoms with Gasteiger partial charge in [-0.3, -0.25) is 9.59 Å². The largest absolute Gasteiger partial charge is 0.497 e. The van der Waals surface area contributed by atoms with Crippen LogP contribution in [0.5, 0.6) is 5.75 Å². The van der Waals surface area contributed by atoms with E-state index in [9.17, 15) is 9.59 Å². The summed E-state index contributed by atoms with van der Waals surface area (Å²) in [6, 6.07) is 17.3. The number of hydrogen-bond acceptors (Lipinski definition) is 5. The lowest BCUT2D eigenvalue weighted by Crippen LogP contribution is -2.40. The van der Waals surface area contributed by atoms with Crippen LogP contribution in [0.3, 0.4) is 0 Å². The molecular formula is C23H24N4O3. The van der Waals surface area contributed by atoms with Gasteiger partial charge >= 0.3 is 0 Å². The first kappa shape index (κ1) is 19.8. The van der Waals surface area contributed by atoms with E-state index >= 15 is 0 Å². The van der Waals surface area contributed by atoms with Crippen LogP contribution in [-0.2, 0) is 11.3 Å². The van der Waals surface area contributed by atoms with Crippen LogP contribution < -0.4 is 15.4 Å². The number of nitrogens with one attached hydrogen (secondary N) is 2. The van der Waals surface area contributed by atoms with Crippen molar-refractivity contribution in [2.24, 2.45) is 0 Å². The van der Waals surface area contributed by atoms with E-state index in [0.29, 0.717) is 31.0 Å². The van der Waals surface area contributed by atoms with Crippen LogP contribution in [0, 0.1) is 0 Å². The molecule has 0 fully saturated rings. The van der Waals surface area contributed by atoms with Crippen LogP contribution in [0.15, 0.2) is 60.8 Å². The molecule has 1 aliphatic heterocycles. The van der Waals surface area contributed by atoms with Gasteiger partial charge in [-0.25, -0.2) is 4.98 Å². The number of ether oxygens (including phenoxy) is 1. The third-order valence-corrected chi connectivity index (χ3v) is 5.20. The monoisotopic (exact) mass is 404 g/mol. The van der Waals surface area contributed by atoms with Gasteiger partial charge < -0.3 is 19.9 Å². The predicted octanol–water partition coefficient (Wildman–Crippen LogP) is 2.59. The molecule has 0 bridgehead atoms. The molecule has 3 aromatic rings. The number of fused-ring (bicyclic) bond motifs is 1. The van der Waals surface area contributed by atoms with E-state index in [4.69, 9.17) is 4.74 Å². The van der Waals surface area contributed by atoms with E-state index in [2.05, 4.69) is 15.6 Å². The van der Waals surface area contributed by atoms with Crippen LogP contribution in [0.1, 0.15) is 28.5 Å². The number of imidazole rings is 1. The third kappa shape index (κ3) is 4.26. The maximum atomic E-state index is 12.6. The van der Waals surface area contributed by atoms with Crippen LogP contribution in [-0.4, -0.2) is 41.4 Å². The first-order chi connectivity index (χ1) is 14.7. The zero-order chi connectivity index (χ0) is 20.9. The molecule has 1 aromatic heterocycles. The maximum absolute atomic E-state index is 12.6. The number of aromatic nitrogens is 2. The summed E-state index contributed by atoms with van der Waals surface area (Å²) in [5.41, 5.74) is 2.49. The second-order valence-electron chi connectivity index (χ2n) is 7.26. The Balaban J connectivity index is 1.41. The molecule has 7 heteroatoms. The smallest absolute Gasteiger partial charge is 0.269 e.